The van der Waals surface area contributed by atoms with Gasteiger partial charge in [0.25, 0.3) is 0 Å². The summed E-state index contributed by atoms with van der Waals surface area (Å²) in [6.07, 6.45) is 3.88. The molecule has 1 aromatic rings. The van der Waals surface area contributed by atoms with Crippen LogP contribution in [0.4, 0.5) is 0 Å². The van der Waals surface area contributed by atoms with Crippen LogP contribution in [0.3, 0.4) is 0 Å². The normalized spacial score (nSPS) is 27.1. The smallest absolute Gasteiger partial charge is 0.123 e. The summed E-state index contributed by atoms with van der Waals surface area (Å²) in [6, 6.07) is 9.25. The average molecular weight is 275 g/mol. The van der Waals surface area contributed by atoms with Crippen LogP contribution in [-0.2, 0) is 0 Å². The molecule has 3 atom stereocenters. The maximum atomic E-state index is 5.48. The first kappa shape index (κ1) is 15.4. The van der Waals surface area contributed by atoms with Crippen LogP contribution in [0, 0.1) is 11.3 Å². The third-order valence-corrected chi connectivity index (χ3v) is 4.48. The zero-order valence-corrected chi connectivity index (χ0v) is 13.6. The van der Waals surface area contributed by atoms with Gasteiger partial charge >= 0.3 is 0 Å². The Morgan fingerprint density at radius 3 is 2.60 bits per heavy atom. The van der Waals surface area contributed by atoms with Gasteiger partial charge in [0.2, 0.25) is 0 Å². The maximum absolute atomic E-state index is 5.48. The summed E-state index contributed by atoms with van der Waals surface area (Å²) in [6.45, 7) is 9.41. The average Bonchev–Trinajstić information content (AvgIpc) is 2.36. The molecule has 1 N–H and O–H groups in total. The molecule has 2 rings (SSSR count). The van der Waals surface area contributed by atoms with E-state index in [-0.39, 0.29) is 0 Å². The van der Waals surface area contributed by atoms with Crippen LogP contribution >= 0.6 is 0 Å². The second-order valence-electron chi connectivity index (χ2n) is 7.24. The van der Waals surface area contributed by atoms with Crippen molar-refractivity contribution in [2.24, 2.45) is 11.3 Å². The number of benzene rings is 1. The summed E-state index contributed by atoms with van der Waals surface area (Å²) in [5.41, 5.74) is 1.71. The molecule has 112 valence electrons. The summed E-state index contributed by atoms with van der Waals surface area (Å²) in [7, 11) is 1.75. The van der Waals surface area contributed by atoms with Crippen LogP contribution < -0.4 is 10.1 Å². The van der Waals surface area contributed by atoms with Crippen LogP contribution in [0.5, 0.6) is 5.75 Å². The fourth-order valence-corrected chi connectivity index (χ4v) is 3.94. The van der Waals surface area contributed by atoms with E-state index in [2.05, 4.69) is 45.1 Å². The van der Waals surface area contributed by atoms with Gasteiger partial charge in [0.15, 0.2) is 0 Å². The molecule has 0 spiro atoms. The van der Waals surface area contributed by atoms with Crippen LogP contribution in [-0.4, -0.2) is 13.2 Å². The van der Waals surface area contributed by atoms with Crippen molar-refractivity contribution in [1.29, 1.82) is 0 Å². The van der Waals surface area contributed by atoms with E-state index in [1.54, 1.807) is 7.11 Å². The lowest BCUT2D eigenvalue weighted by Gasteiger charge is -2.40. The van der Waals surface area contributed by atoms with Crippen LogP contribution in [0.15, 0.2) is 24.3 Å². The van der Waals surface area contributed by atoms with Gasteiger partial charge in [0, 0.05) is 17.6 Å². The molecule has 0 saturated heterocycles. The standard InChI is InChI=1S/C18H29NO/c1-13-10-15(12-18(3,4)11-13)19-14(2)16-8-6-7-9-17(16)20-5/h6-9,13-15,19H,10-12H2,1-5H3/t13?,14-,15?/m1/s1. The minimum Gasteiger partial charge on any atom is -0.496 e. The zero-order valence-electron chi connectivity index (χ0n) is 13.6. The van der Waals surface area contributed by atoms with Gasteiger partial charge < -0.3 is 10.1 Å². The van der Waals surface area contributed by atoms with Crippen molar-refractivity contribution in [3.05, 3.63) is 29.8 Å². The van der Waals surface area contributed by atoms with Crippen molar-refractivity contribution < 1.29 is 4.74 Å². The molecule has 0 amide bonds. The van der Waals surface area contributed by atoms with Crippen LogP contribution in [0.25, 0.3) is 0 Å². The lowest BCUT2D eigenvalue weighted by molar-refractivity contribution is 0.145. The number of methoxy groups -OCH3 is 1. The highest BCUT2D eigenvalue weighted by Gasteiger charge is 2.32. The number of nitrogens with one attached hydrogen (secondary N) is 1. The highest BCUT2D eigenvalue weighted by molar-refractivity contribution is 5.35. The van der Waals surface area contributed by atoms with E-state index in [0.717, 1.165) is 11.7 Å². The molecular weight excluding hydrogens is 246 g/mol. The predicted octanol–water partition coefficient (Wildman–Crippen LogP) is 4.56. The summed E-state index contributed by atoms with van der Waals surface area (Å²) < 4.78 is 5.48. The number of hydrogen-bond acceptors (Lipinski definition) is 2. The van der Waals surface area contributed by atoms with Crippen molar-refractivity contribution in [2.45, 2.75) is 59.0 Å². The molecule has 2 heteroatoms. The quantitative estimate of drug-likeness (QED) is 0.869. The molecule has 0 aromatic heterocycles. The van der Waals surface area contributed by atoms with Gasteiger partial charge in [-0.25, -0.2) is 0 Å². The molecule has 1 saturated carbocycles. The number of hydrogen-bond donors (Lipinski definition) is 1. The van der Waals surface area contributed by atoms with Gasteiger partial charge in [0.1, 0.15) is 5.75 Å². The Balaban J connectivity index is 2.05. The number of para-hydroxylation sites is 1. The van der Waals surface area contributed by atoms with Gasteiger partial charge in [-0.2, -0.15) is 0 Å². The fraction of sp³-hybridized carbons (Fsp3) is 0.667. The molecule has 1 aliphatic rings. The molecule has 1 aromatic carbocycles. The van der Waals surface area contributed by atoms with Gasteiger partial charge in [-0.15, -0.1) is 0 Å². The molecule has 20 heavy (non-hydrogen) atoms. The molecule has 0 radical (unpaired) electrons. The van der Waals surface area contributed by atoms with E-state index in [0.29, 0.717) is 17.5 Å². The third-order valence-electron chi connectivity index (χ3n) is 4.48. The fourth-order valence-electron chi connectivity index (χ4n) is 3.94. The molecule has 2 nitrogen and oxygen atoms in total. The highest BCUT2D eigenvalue weighted by atomic mass is 16.5. The summed E-state index contributed by atoms with van der Waals surface area (Å²) in [5, 5.41) is 3.82. The van der Waals surface area contributed by atoms with E-state index in [1.165, 1.54) is 24.8 Å². The second-order valence-corrected chi connectivity index (χ2v) is 7.24. The summed E-state index contributed by atoms with van der Waals surface area (Å²) in [4.78, 5) is 0. The van der Waals surface area contributed by atoms with Gasteiger partial charge in [-0.1, -0.05) is 39.0 Å². The first-order chi connectivity index (χ1) is 9.41. The monoisotopic (exact) mass is 275 g/mol. The van der Waals surface area contributed by atoms with Crippen molar-refractivity contribution in [3.8, 4) is 5.75 Å². The van der Waals surface area contributed by atoms with E-state index in [1.807, 2.05) is 12.1 Å². The Kier molecular flexibility index (Phi) is 4.74. The van der Waals surface area contributed by atoms with E-state index in [4.69, 9.17) is 4.74 Å². The van der Waals surface area contributed by atoms with Crippen LogP contribution in [0.2, 0.25) is 0 Å². The van der Waals surface area contributed by atoms with Crippen molar-refractivity contribution >= 4 is 0 Å². The summed E-state index contributed by atoms with van der Waals surface area (Å²) in [5.74, 6) is 1.79. The summed E-state index contributed by atoms with van der Waals surface area (Å²) >= 11 is 0. The predicted molar refractivity (Wildman–Crippen MR) is 85.1 cm³/mol. The highest BCUT2D eigenvalue weighted by Crippen LogP contribution is 2.39. The second kappa shape index (κ2) is 6.17. The maximum Gasteiger partial charge on any atom is 0.123 e. The van der Waals surface area contributed by atoms with Gasteiger partial charge in [-0.05, 0) is 43.6 Å². The Bertz CT molecular complexity index is 441. The molecular formula is C18H29NO. The lowest BCUT2D eigenvalue weighted by Crippen LogP contribution is -2.41. The minimum atomic E-state index is 0.331. The lowest BCUT2D eigenvalue weighted by atomic mass is 9.70. The van der Waals surface area contributed by atoms with Gasteiger partial charge in [-0.3, -0.25) is 0 Å². The SMILES string of the molecule is COc1ccccc1[C@@H](C)NC1CC(C)CC(C)(C)C1. The largest absolute Gasteiger partial charge is 0.496 e. The van der Waals surface area contributed by atoms with Gasteiger partial charge in [0.05, 0.1) is 7.11 Å². The zero-order chi connectivity index (χ0) is 14.8. The van der Waals surface area contributed by atoms with E-state index < -0.39 is 0 Å². The van der Waals surface area contributed by atoms with Crippen molar-refractivity contribution in [3.63, 3.8) is 0 Å². The minimum absolute atomic E-state index is 0.331. The Labute approximate surface area is 123 Å². The van der Waals surface area contributed by atoms with E-state index in [9.17, 15) is 0 Å². The van der Waals surface area contributed by atoms with Crippen LogP contribution in [0.1, 0.15) is 58.6 Å². The number of rotatable bonds is 4. The van der Waals surface area contributed by atoms with E-state index >= 15 is 0 Å². The molecule has 0 aliphatic heterocycles. The number of ether oxygens (including phenoxy) is 1. The van der Waals surface area contributed by atoms with Crippen molar-refractivity contribution in [2.75, 3.05) is 7.11 Å². The van der Waals surface area contributed by atoms with Crippen molar-refractivity contribution in [1.82, 2.24) is 5.32 Å². The first-order valence-corrected chi connectivity index (χ1v) is 7.80. The molecule has 2 unspecified atom stereocenters. The molecule has 1 aliphatic carbocycles. The Morgan fingerprint density at radius 2 is 1.95 bits per heavy atom. The molecule has 0 bridgehead atoms. The first-order valence-electron chi connectivity index (χ1n) is 7.80. The third kappa shape index (κ3) is 3.76. The Morgan fingerprint density at radius 1 is 1.25 bits per heavy atom. The Hall–Kier alpha value is -1.02. The molecule has 1 fully saturated rings. The molecule has 0 heterocycles. The topological polar surface area (TPSA) is 21.3 Å².